The van der Waals surface area contributed by atoms with Gasteiger partial charge in [-0.25, -0.2) is 0 Å². The lowest BCUT2D eigenvalue weighted by molar-refractivity contribution is 0.781. The van der Waals surface area contributed by atoms with Crippen LogP contribution in [0.4, 0.5) is 5.95 Å². The standard InChI is InChI=1S/C10H13N5O/c1-14-8-7(6-11-14)9(16)13-10(12-8)15-4-2-3-5-15/h6H,2-5H2,1H3,(H,12,13,16). The third-order valence-corrected chi connectivity index (χ3v) is 2.99. The van der Waals surface area contributed by atoms with E-state index in [1.165, 1.54) is 0 Å². The molecule has 0 radical (unpaired) electrons. The number of aromatic amines is 1. The van der Waals surface area contributed by atoms with Gasteiger partial charge in [-0.2, -0.15) is 10.1 Å². The zero-order valence-corrected chi connectivity index (χ0v) is 9.10. The SMILES string of the molecule is Cn1ncc2c(=O)[nH]c(N3CCCC3)nc21. The summed E-state index contributed by atoms with van der Waals surface area (Å²) >= 11 is 0. The van der Waals surface area contributed by atoms with E-state index in [1.807, 2.05) is 0 Å². The lowest BCUT2D eigenvalue weighted by Crippen LogP contribution is -2.24. The number of anilines is 1. The van der Waals surface area contributed by atoms with Crippen molar-refractivity contribution < 1.29 is 0 Å². The van der Waals surface area contributed by atoms with Gasteiger partial charge in [-0.3, -0.25) is 14.5 Å². The van der Waals surface area contributed by atoms with Crippen molar-refractivity contribution in [2.24, 2.45) is 7.05 Å². The van der Waals surface area contributed by atoms with Gasteiger partial charge in [0.1, 0.15) is 5.39 Å². The molecule has 0 aliphatic carbocycles. The Kier molecular flexibility index (Phi) is 1.95. The Morgan fingerprint density at radius 2 is 2.12 bits per heavy atom. The largest absolute Gasteiger partial charge is 0.342 e. The summed E-state index contributed by atoms with van der Waals surface area (Å²) in [6.45, 7) is 1.93. The number of nitrogens with zero attached hydrogens (tertiary/aromatic N) is 4. The van der Waals surface area contributed by atoms with Gasteiger partial charge in [0.25, 0.3) is 5.56 Å². The van der Waals surface area contributed by atoms with Crippen LogP contribution in [0.3, 0.4) is 0 Å². The molecule has 0 atom stereocenters. The monoisotopic (exact) mass is 219 g/mol. The highest BCUT2D eigenvalue weighted by Crippen LogP contribution is 2.16. The van der Waals surface area contributed by atoms with E-state index < -0.39 is 0 Å². The smallest absolute Gasteiger partial charge is 0.263 e. The summed E-state index contributed by atoms with van der Waals surface area (Å²) in [7, 11) is 1.79. The fourth-order valence-electron chi connectivity index (χ4n) is 2.10. The Hall–Kier alpha value is -1.85. The summed E-state index contributed by atoms with van der Waals surface area (Å²) < 4.78 is 1.63. The second-order valence-electron chi connectivity index (χ2n) is 4.09. The number of hydrogen-bond donors (Lipinski definition) is 1. The highest BCUT2D eigenvalue weighted by Gasteiger charge is 2.16. The van der Waals surface area contributed by atoms with E-state index in [4.69, 9.17) is 0 Å². The van der Waals surface area contributed by atoms with Gasteiger partial charge in [0.2, 0.25) is 5.95 Å². The van der Waals surface area contributed by atoms with Gasteiger partial charge >= 0.3 is 0 Å². The molecule has 2 aromatic rings. The van der Waals surface area contributed by atoms with Gasteiger partial charge in [0.05, 0.1) is 6.20 Å². The number of rotatable bonds is 1. The topological polar surface area (TPSA) is 66.8 Å². The summed E-state index contributed by atoms with van der Waals surface area (Å²) in [4.78, 5) is 21.2. The molecule has 1 N–H and O–H groups in total. The van der Waals surface area contributed by atoms with Gasteiger partial charge in [0, 0.05) is 20.1 Å². The maximum Gasteiger partial charge on any atom is 0.263 e. The molecule has 1 aliphatic heterocycles. The second-order valence-corrected chi connectivity index (χ2v) is 4.09. The highest BCUT2D eigenvalue weighted by molar-refractivity contribution is 5.74. The van der Waals surface area contributed by atoms with Crippen LogP contribution < -0.4 is 10.5 Å². The molecule has 0 spiro atoms. The van der Waals surface area contributed by atoms with Crippen LogP contribution in [0.25, 0.3) is 11.0 Å². The predicted octanol–water partition coefficient (Wildman–Crippen LogP) is 0.257. The second kappa shape index (κ2) is 3.33. The molecular weight excluding hydrogens is 206 g/mol. The predicted molar refractivity (Wildman–Crippen MR) is 60.6 cm³/mol. The van der Waals surface area contributed by atoms with Crippen molar-refractivity contribution in [1.29, 1.82) is 0 Å². The molecule has 3 rings (SSSR count). The van der Waals surface area contributed by atoms with Crippen molar-refractivity contribution in [1.82, 2.24) is 19.7 Å². The first-order chi connectivity index (χ1) is 7.75. The van der Waals surface area contributed by atoms with Crippen LogP contribution in [0.5, 0.6) is 0 Å². The fraction of sp³-hybridized carbons (Fsp3) is 0.500. The van der Waals surface area contributed by atoms with Gasteiger partial charge in [-0.1, -0.05) is 0 Å². The summed E-state index contributed by atoms with van der Waals surface area (Å²) in [5.74, 6) is 0.665. The van der Waals surface area contributed by atoms with Crippen LogP contribution in [0.2, 0.25) is 0 Å². The number of aromatic nitrogens is 4. The maximum absolute atomic E-state index is 11.8. The Morgan fingerprint density at radius 3 is 2.88 bits per heavy atom. The van der Waals surface area contributed by atoms with E-state index >= 15 is 0 Å². The molecule has 16 heavy (non-hydrogen) atoms. The minimum atomic E-state index is -0.111. The molecule has 0 amide bonds. The Bertz CT molecular complexity index is 578. The molecule has 2 aromatic heterocycles. The van der Waals surface area contributed by atoms with Gasteiger partial charge in [-0.05, 0) is 12.8 Å². The Balaban J connectivity index is 2.19. The van der Waals surface area contributed by atoms with Crippen molar-refractivity contribution >= 4 is 17.0 Å². The first-order valence-electron chi connectivity index (χ1n) is 5.43. The van der Waals surface area contributed by atoms with Gasteiger partial charge in [0.15, 0.2) is 5.65 Å². The zero-order valence-electron chi connectivity index (χ0n) is 9.10. The van der Waals surface area contributed by atoms with E-state index in [0.29, 0.717) is 17.0 Å². The summed E-state index contributed by atoms with van der Waals surface area (Å²) in [5.41, 5.74) is 0.533. The average Bonchev–Trinajstić information content (AvgIpc) is 2.88. The lowest BCUT2D eigenvalue weighted by atomic mass is 10.4. The normalized spacial score (nSPS) is 16.2. The molecule has 6 heteroatoms. The van der Waals surface area contributed by atoms with Gasteiger partial charge in [-0.15, -0.1) is 0 Å². The molecular formula is C10H13N5O. The third kappa shape index (κ3) is 1.30. The van der Waals surface area contributed by atoms with Crippen molar-refractivity contribution in [3.05, 3.63) is 16.6 Å². The first-order valence-corrected chi connectivity index (χ1v) is 5.43. The maximum atomic E-state index is 11.8. The molecule has 3 heterocycles. The van der Waals surface area contributed by atoms with Crippen molar-refractivity contribution in [3.8, 4) is 0 Å². The molecule has 1 saturated heterocycles. The Labute approximate surface area is 91.9 Å². The van der Waals surface area contributed by atoms with Crippen LogP contribution in [0, 0.1) is 0 Å². The number of aryl methyl sites for hydroxylation is 1. The van der Waals surface area contributed by atoms with Crippen LogP contribution in [0.15, 0.2) is 11.0 Å². The summed E-state index contributed by atoms with van der Waals surface area (Å²) in [6, 6.07) is 0. The van der Waals surface area contributed by atoms with E-state index in [1.54, 1.807) is 17.9 Å². The molecule has 1 fully saturated rings. The fourth-order valence-corrected chi connectivity index (χ4v) is 2.10. The third-order valence-electron chi connectivity index (χ3n) is 2.99. The number of hydrogen-bond acceptors (Lipinski definition) is 4. The van der Waals surface area contributed by atoms with Gasteiger partial charge < -0.3 is 4.90 Å². The quantitative estimate of drug-likeness (QED) is 0.747. The number of fused-ring (bicyclic) bond motifs is 1. The lowest BCUT2D eigenvalue weighted by Gasteiger charge is -2.15. The molecule has 0 aromatic carbocycles. The minimum Gasteiger partial charge on any atom is -0.342 e. The van der Waals surface area contributed by atoms with Crippen LogP contribution in [0.1, 0.15) is 12.8 Å². The summed E-state index contributed by atoms with van der Waals surface area (Å²) in [5, 5.41) is 4.59. The molecule has 84 valence electrons. The molecule has 0 saturated carbocycles. The molecule has 0 bridgehead atoms. The van der Waals surface area contributed by atoms with E-state index in [2.05, 4.69) is 20.0 Å². The van der Waals surface area contributed by atoms with E-state index in [0.717, 1.165) is 25.9 Å². The average molecular weight is 219 g/mol. The van der Waals surface area contributed by atoms with Crippen LogP contribution in [-0.4, -0.2) is 32.8 Å². The van der Waals surface area contributed by atoms with Crippen molar-refractivity contribution in [2.45, 2.75) is 12.8 Å². The number of nitrogens with one attached hydrogen (secondary N) is 1. The summed E-state index contributed by atoms with van der Waals surface area (Å²) in [6.07, 6.45) is 3.87. The van der Waals surface area contributed by atoms with Crippen LogP contribution >= 0.6 is 0 Å². The minimum absolute atomic E-state index is 0.111. The molecule has 1 aliphatic rings. The highest BCUT2D eigenvalue weighted by atomic mass is 16.1. The number of H-pyrrole nitrogens is 1. The Morgan fingerprint density at radius 1 is 1.38 bits per heavy atom. The van der Waals surface area contributed by atoms with Crippen LogP contribution in [-0.2, 0) is 7.05 Å². The first kappa shape index (κ1) is 9.38. The van der Waals surface area contributed by atoms with E-state index in [-0.39, 0.29) is 5.56 Å². The molecule has 0 unspecified atom stereocenters. The van der Waals surface area contributed by atoms with Crippen molar-refractivity contribution in [3.63, 3.8) is 0 Å². The van der Waals surface area contributed by atoms with E-state index in [9.17, 15) is 4.79 Å². The zero-order chi connectivity index (χ0) is 11.1. The van der Waals surface area contributed by atoms with Crippen molar-refractivity contribution in [2.75, 3.05) is 18.0 Å². The molecule has 6 nitrogen and oxygen atoms in total.